The number of rotatable bonds is 7. The molecule has 2 aromatic carbocycles. The van der Waals surface area contributed by atoms with Gasteiger partial charge < -0.3 is 20.1 Å². The van der Waals surface area contributed by atoms with Crippen molar-refractivity contribution in [2.24, 2.45) is 0 Å². The molecule has 0 aromatic heterocycles. The van der Waals surface area contributed by atoms with Crippen LogP contribution in [0, 0.1) is 0 Å². The molecule has 0 spiro atoms. The number of amides is 5. The molecule has 0 aliphatic carbocycles. The van der Waals surface area contributed by atoms with Crippen LogP contribution in [0.2, 0.25) is 0 Å². The zero-order valence-electron chi connectivity index (χ0n) is 23.7. The molecule has 43 heavy (non-hydrogen) atoms. The van der Waals surface area contributed by atoms with Crippen LogP contribution in [0.1, 0.15) is 47.1 Å². The van der Waals surface area contributed by atoms with E-state index in [1.54, 1.807) is 63.2 Å². The Labute approximate surface area is 248 Å². The molecule has 3 atom stereocenters. The topological polar surface area (TPSA) is 172 Å². The van der Waals surface area contributed by atoms with Crippen LogP contribution in [0.3, 0.4) is 0 Å². The van der Waals surface area contributed by atoms with E-state index in [4.69, 9.17) is 9.47 Å². The summed E-state index contributed by atoms with van der Waals surface area (Å²) >= 11 is 0. The molecular weight excluding hydrogens is 582 g/mol. The van der Waals surface area contributed by atoms with Gasteiger partial charge in [0.1, 0.15) is 18.2 Å². The minimum Gasteiger partial charge on any atom is -0.444 e. The van der Waals surface area contributed by atoms with Crippen LogP contribution in [0.25, 0.3) is 0 Å². The fourth-order valence-electron chi connectivity index (χ4n) is 5.07. The number of nitrogens with one attached hydrogen (secondary N) is 2. The van der Waals surface area contributed by atoms with Gasteiger partial charge in [0.25, 0.3) is 11.8 Å². The van der Waals surface area contributed by atoms with Crippen LogP contribution in [-0.2, 0) is 31.1 Å². The Bertz CT molecular complexity index is 1540. The zero-order chi connectivity index (χ0) is 31.1. The summed E-state index contributed by atoms with van der Waals surface area (Å²) in [6.07, 6.45) is -2.04. The van der Waals surface area contributed by atoms with Crippen LogP contribution in [0.4, 0.5) is 9.59 Å². The summed E-state index contributed by atoms with van der Waals surface area (Å²) in [6, 6.07) is 11.7. The predicted molar refractivity (Wildman–Crippen MR) is 150 cm³/mol. The maximum absolute atomic E-state index is 13.7. The quantitative estimate of drug-likeness (QED) is 0.344. The lowest BCUT2D eigenvalue weighted by atomic mass is 9.99. The molecule has 0 bridgehead atoms. The van der Waals surface area contributed by atoms with Gasteiger partial charge in [-0.25, -0.2) is 9.59 Å². The Morgan fingerprint density at radius 2 is 1.56 bits per heavy atom. The lowest BCUT2D eigenvalue weighted by molar-refractivity contribution is -0.131. The Morgan fingerprint density at radius 3 is 2.14 bits per heavy atom. The third kappa shape index (κ3) is 6.03. The average Bonchev–Trinajstić information content (AvgIpc) is 3.34. The van der Waals surface area contributed by atoms with Crippen molar-refractivity contribution in [1.29, 1.82) is 0 Å². The summed E-state index contributed by atoms with van der Waals surface area (Å²) < 4.78 is 39.5. The second-order valence-electron chi connectivity index (χ2n) is 11.3. The van der Waals surface area contributed by atoms with Crippen LogP contribution >= 0.6 is 0 Å². The third-order valence-corrected chi connectivity index (χ3v) is 8.96. The van der Waals surface area contributed by atoms with Gasteiger partial charge in [-0.3, -0.25) is 19.3 Å². The summed E-state index contributed by atoms with van der Waals surface area (Å²) in [6.45, 7) is 3.72. The first-order valence-corrected chi connectivity index (χ1v) is 14.9. The molecule has 228 valence electrons. The molecule has 3 aliphatic rings. The Morgan fingerprint density at radius 1 is 0.953 bits per heavy atom. The highest BCUT2D eigenvalue weighted by molar-refractivity contribution is 7.87. The summed E-state index contributed by atoms with van der Waals surface area (Å²) in [7, 11) is -4.55. The van der Waals surface area contributed by atoms with Gasteiger partial charge in [-0.2, -0.15) is 17.0 Å². The smallest absolute Gasteiger partial charge is 0.425 e. The minimum atomic E-state index is -4.55. The summed E-state index contributed by atoms with van der Waals surface area (Å²) in [4.78, 5) is 64.8. The number of carbonyl (C=O) groups is 5. The van der Waals surface area contributed by atoms with E-state index in [1.807, 2.05) is 0 Å². The van der Waals surface area contributed by atoms with Crippen molar-refractivity contribution in [2.75, 3.05) is 19.6 Å². The molecule has 2 fully saturated rings. The first kappa shape index (κ1) is 30.0. The van der Waals surface area contributed by atoms with Crippen molar-refractivity contribution in [1.82, 2.24) is 24.1 Å². The molecule has 0 radical (unpaired) electrons. The monoisotopic (exact) mass is 613 g/mol. The van der Waals surface area contributed by atoms with Gasteiger partial charge >= 0.3 is 22.4 Å². The average molecular weight is 614 g/mol. The molecule has 5 rings (SSSR count). The van der Waals surface area contributed by atoms with Gasteiger partial charge in [-0.15, -0.1) is 0 Å². The number of ether oxygens (including phenoxy) is 2. The van der Waals surface area contributed by atoms with Gasteiger partial charge in [-0.05, 0) is 38.5 Å². The highest BCUT2D eigenvalue weighted by atomic mass is 32.2. The molecule has 0 unspecified atom stereocenters. The lowest BCUT2D eigenvalue weighted by Crippen LogP contribution is -2.72. The van der Waals surface area contributed by atoms with E-state index < -0.39 is 70.4 Å². The third-order valence-electron chi connectivity index (χ3n) is 7.06. The number of hydrogen-bond acceptors (Lipinski definition) is 9. The largest absolute Gasteiger partial charge is 0.444 e. The van der Waals surface area contributed by atoms with E-state index in [-0.39, 0.29) is 30.8 Å². The lowest BCUT2D eigenvalue weighted by Gasteiger charge is -2.38. The predicted octanol–water partition coefficient (Wildman–Crippen LogP) is 1.24. The van der Waals surface area contributed by atoms with Crippen molar-refractivity contribution in [3.8, 4) is 0 Å². The van der Waals surface area contributed by atoms with E-state index in [0.717, 1.165) is 9.21 Å². The number of nitrogens with zero attached hydrogens (tertiary/aromatic N) is 3. The van der Waals surface area contributed by atoms with Gasteiger partial charge in [0.2, 0.25) is 5.91 Å². The van der Waals surface area contributed by atoms with Gasteiger partial charge in [0.05, 0.1) is 29.8 Å². The summed E-state index contributed by atoms with van der Waals surface area (Å²) in [5, 5.41) is 5.00. The second kappa shape index (κ2) is 11.3. The second-order valence-corrected chi connectivity index (χ2v) is 13.1. The van der Waals surface area contributed by atoms with Crippen molar-refractivity contribution in [3.63, 3.8) is 0 Å². The number of imide groups is 1. The first-order valence-electron chi connectivity index (χ1n) is 13.5. The number of benzene rings is 2. The highest BCUT2D eigenvalue weighted by Gasteiger charge is 2.53. The molecule has 3 aliphatic heterocycles. The van der Waals surface area contributed by atoms with Crippen LogP contribution in [-0.4, -0.2) is 95.2 Å². The van der Waals surface area contributed by atoms with Crippen LogP contribution < -0.4 is 10.6 Å². The maximum Gasteiger partial charge on any atom is 0.425 e. The normalized spacial score (nSPS) is 23.0. The number of β-lactam (4-membered cyclic amide) rings is 1. The van der Waals surface area contributed by atoms with Crippen molar-refractivity contribution in [3.05, 3.63) is 71.3 Å². The molecule has 2 aromatic rings. The van der Waals surface area contributed by atoms with E-state index in [1.165, 1.54) is 12.1 Å². The molecule has 3 heterocycles. The van der Waals surface area contributed by atoms with Crippen molar-refractivity contribution < 1.29 is 41.9 Å². The van der Waals surface area contributed by atoms with Gasteiger partial charge in [0, 0.05) is 13.1 Å². The molecular formula is C28H31N5O9S. The number of alkyl carbamates (subject to hydrolysis) is 1. The van der Waals surface area contributed by atoms with E-state index in [0.29, 0.717) is 9.87 Å². The van der Waals surface area contributed by atoms with Crippen molar-refractivity contribution >= 4 is 40.1 Å². The van der Waals surface area contributed by atoms with Crippen LogP contribution in [0.15, 0.2) is 54.6 Å². The van der Waals surface area contributed by atoms with E-state index in [2.05, 4.69) is 10.6 Å². The fraction of sp³-hybridized carbons (Fsp3) is 0.393. The van der Waals surface area contributed by atoms with E-state index >= 15 is 0 Å². The fourth-order valence-corrected chi connectivity index (χ4v) is 6.78. The summed E-state index contributed by atoms with van der Waals surface area (Å²) in [5.74, 6) is -1.75. The Hall–Kier alpha value is -4.50. The summed E-state index contributed by atoms with van der Waals surface area (Å²) in [5.41, 5.74) is 0.151. The molecule has 0 saturated carbocycles. The SMILES string of the molecule is CC(C)(C)OC(=O)N[C@@H]1C(=O)N[C@@H]1CN1C[C@@H](CN2C(=O)c3ccccc3C2=O)N(C(=O)OCc2ccccc2)S1(=O)=O. The first-order chi connectivity index (χ1) is 20.3. The van der Waals surface area contributed by atoms with Crippen molar-refractivity contribution in [2.45, 2.75) is 51.1 Å². The standard InChI is InChI=1S/C28H31N5O9S/c1-28(2,3)42-26(37)30-22-21(29-23(22)34)15-31-13-18(14-32-24(35)19-11-7-8-12-20(19)25(32)36)33(43(31,39)40)27(38)41-16-17-9-5-4-6-10-17/h4-12,18,21-22H,13-16H2,1-3H3,(H,29,34)(H,30,37)/t18-,21+,22-/m0/s1. The van der Waals surface area contributed by atoms with E-state index in [9.17, 15) is 32.4 Å². The number of carbonyl (C=O) groups excluding carboxylic acids is 5. The Kier molecular flexibility index (Phi) is 7.88. The van der Waals surface area contributed by atoms with Gasteiger partial charge in [0.15, 0.2) is 0 Å². The minimum absolute atomic E-state index is 0.177. The number of fused-ring (bicyclic) bond motifs is 1. The molecule has 15 heteroatoms. The molecule has 5 amide bonds. The highest BCUT2D eigenvalue weighted by Crippen LogP contribution is 2.29. The number of hydrogen-bond donors (Lipinski definition) is 2. The zero-order valence-corrected chi connectivity index (χ0v) is 24.5. The van der Waals surface area contributed by atoms with Crippen LogP contribution in [0.5, 0.6) is 0 Å². The Balaban J connectivity index is 1.35. The molecule has 14 nitrogen and oxygen atoms in total. The molecule has 2 saturated heterocycles. The van der Waals surface area contributed by atoms with Gasteiger partial charge in [-0.1, -0.05) is 42.5 Å². The molecule has 2 N–H and O–H groups in total. The maximum atomic E-state index is 13.7.